The zero-order chi connectivity index (χ0) is 8.27. The molecule has 62 valence electrons. The number of hydrogen-bond donors (Lipinski definition) is 1. The molecule has 2 N–H and O–H groups in total. The zero-order valence-electron chi connectivity index (χ0n) is 6.86. The average Bonchev–Trinajstić information content (AvgIpc) is 2.31. The molecule has 0 radical (unpaired) electrons. The standard InChI is InChI=1S/C6H13N5/c1-5(2)3-4-11-6(7)8-9-10-11/h5H,3-4H2,1-2H3,(H2,7,8,10). The minimum atomic E-state index is 0.394. The maximum Gasteiger partial charge on any atom is 0.240 e. The maximum atomic E-state index is 5.45. The number of nitrogens with zero attached hydrogens (tertiary/aromatic N) is 4. The molecule has 0 saturated carbocycles. The van der Waals surface area contributed by atoms with Crippen molar-refractivity contribution in [3.63, 3.8) is 0 Å². The Bertz CT molecular complexity index is 217. The van der Waals surface area contributed by atoms with Crippen molar-refractivity contribution in [2.24, 2.45) is 5.92 Å². The summed E-state index contributed by atoms with van der Waals surface area (Å²) in [5.41, 5.74) is 5.45. The van der Waals surface area contributed by atoms with E-state index in [1.165, 1.54) is 0 Å². The maximum absolute atomic E-state index is 5.45. The van der Waals surface area contributed by atoms with E-state index in [2.05, 4.69) is 29.4 Å². The van der Waals surface area contributed by atoms with Gasteiger partial charge in [-0.3, -0.25) is 0 Å². The molecule has 1 heterocycles. The van der Waals surface area contributed by atoms with Crippen molar-refractivity contribution in [2.45, 2.75) is 26.8 Å². The summed E-state index contributed by atoms with van der Waals surface area (Å²) in [7, 11) is 0. The van der Waals surface area contributed by atoms with Crippen LogP contribution >= 0.6 is 0 Å². The van der Waals surface area contributed by atoms with E-state index in [1.54, 1.807) is 4.68 Å². The van der Waals surface area contributed by atoms with Crippen LogP contribution in [-0.4, -0.2) is 20.2 Å². The first-order chi connectivity index (χ1) is 5.20. The summed E-state index contributed by atoms with van der Waals surface area (Å²) in [5, 5.41) is 10.7. The fraction of sp³-hybridized carbons (Fsp3) is 0.833. The third-order valence-corrected chi connectivity index (χ3v) is 1.48. The summed E-state index contributed by atoms with van der Waals surface area (Å²) < 4.78 is 1.61. The summed E-state index contributed by atoms with van der Waals surface area (Å²) in [6.07, 6.45) is 1.05. The Morgan fingerprint density at radius 1 is 1.55 bits per heavy atom. The van der Waals surface area contributed by atoms with E-state index in [1.807, 2.05) is 0 Å². The van der Waals surface area contributed by atoms with Crippen molar-refractivity contribution in [3.8, 4) is 0 Å². The van der Waals surface area contributed by atoms with E-state index >= 15 is 0 Å². The number of nitrogens with two attached hydrogens (primary N) is 1. The lowest BCUT2D eigenvalue weighted by atomic mass is 10.1. The van der Waals surface area contributed by atoms with Gasteiger partial charge in [-0.05, 0) is 22.8 Å². The predicted molar refractivity (Wildman–Crippen MR) is 41.7 cm³/mol. The van der Waals surface area contributed by atoms with E-state index in [0.717, 1.165) is 13.0 Å². The molecule has 0 aromatic carbocycles. The molecule has 1 rings (SSSR count). The fourth-order valence-electron chi connectivity index (χ4n) is 0.751. The van der Waals surface area contributed by atoms with Crippen LogP contribution in [-0.2, 0) is 6.54 Å². The first kappa shape index (κ1) is 7.97. The Kier molecular flexibility index (Phi) is 2.40. The predicted octanol–water partition coefficient (Wildman–Crippen LogP) is 0.301. The Balaban J connectivity index is 2.44. The molecule has 0 bridgehead atoms. The number of aryl methyl sites for hydroxylation is 1. The number of tetrazole rings is 1. The van der Waals surface area contributed by atoms with Gasteiger partial charge in [-0.25, -0.2) is 4.68 Å². The SMILES string of the molecule is CC(C)CCn1nnnc1N. The molecule has 1 aromatic heterocycles. The van der Waals surface area contributed by atoms with Gasteiger partial charge >= 0.3 is 0 Å². The smallest absolute Gasteiger partial charge is 0.240 e. The van der Waals surface area contributed by atoms with Gasteiger partial charge in [0.2, 0.25) is 5.95 Å². The highest BCUT2D eigenvalue weighted by Crippen LogP contribution is 2.02. The molecule has 0 spiro atoms. The summed E-state index contributed by atoms with van der Waals surface area (Å²) in [6, 6.07) is 0. The van der Waals surface area contributed by atoms with Crippen LogP contribution in [0.15, 0.2) is 0 Å². The third kappa shape index (κ3) is 2.18. The van der Waals surface area contributed by atoms with Crippen molar-refractivity contribution in [3.05, 3.63) is 0 Å². The molecule has 11 heavy (non-hydrogen) atoms. The first-order valence-electron chi connectivity index (χ1n) is 3.72. The second-order valence-corrected chi connectivity index (χ2v) is 2.94. The summed E-state index contributed by atoms with van der Waals surface area (Å²) in [5.74, 6) is 1.05. The molecule has 0 unspecified atom stereocenters. The minimum Gasteiger partial charge on any atom is -0.367 e. The number of anilines is 1. The summed E-state index contributed by atoms with van der Waals surface area (Å²) in [4.78, 5) is 0. The lowest BCUT2D eigenvalue weighted by Crippen LogP contribution is -2.07. The molecule has 5 heteroatoms. The van der Waals surface area contributed by atoms with E-state index in [4.69, 9.17) is 5.73 Å². The quantitative estimate of drug-likeness (QED) is 0.681. The third-order valence-electron chi connectivity index (χ3n) is 1.48. The van der Waals surface area contributed by atoms with Crippen LogP contribution < -0.4 is 5.73 Å². The van der Waals surface area contributed by atoms with Gasteiger partial charge in [0.05, 0.1) is 0 Å². The second kappa shape index (κ2) is 3.32. The highest BCUT2D eigenvalue weighted by Gasteiger charge is 2.00. The Morgan fingerprint density at radius 3 is 2.73 bits per heavy atom. The Labute approximate surface area is 65.6 Å². The molecule has 0 fully saturated rings. The van der Waals surface area contributed by atoms with Gasteiger partial charge in [-0.15, -0.1) is 0 Å². The zero-order valence-corrected chi connectivity index (χ0v) is 6.86. The van der Waals surface area contributed by atoms with Gasteiger partial charge in [0, 0.05) is 6.54 Å². The molecular weight excluding hydrogens is 142 g/mol. The monoisotopic (exact) mass is 155 g/mol. The highest BCUT2D eigenvalue weighted by molar-refractivity contribution is 5.09. The van der Waals surface area contributed by atoms with Crippen LogP contribution in [0, 0.1) is 5.92 Å². The summed E-state index contributed by atoms with van der Waals surface area (Å²) in [6.45, 7) is 5.11. The largest absolute Gasteiger partial charge is 0.367 e. The van der Waals surface area contributed by atoms with Gasteiger partial charge in [0.25, 0.3) is 0 Å². The average molecular weight is 155 g/mol. The second-order valence-electron chi connectivity index (χ2n) is 2.94. The Morgan fingerprint density at radius 2 is 2.27 bits per heavy atom. The van der Waals surface area contributed by atoms with Gasteiger partial charge < -0.3 is 5.73 Å². The van der Waals surface area contributed by atoms with Gasteiger partial charge in [0.15, 0.2) is 0 Å². The molecule has 0 amide bonds. The lowest BCUT2D eigenvalue weighted by molar-refractivity contribution is 0.482. The molecule has 0 aliphatic rings. The van der Waals surface area contributed by atoms with Crippen LogP contribution in [0.5, 0.6) is 0 Å². The van der Waals surface area contributed by atoms with Crippen molar-refractivity contribution in [1.82, 2.24) is 20.2 Å². The van der Waals surface area contributed by atoms with Gasteiger partial charge in [0.1, 0.15) is 0 Å². The van der Waals surface area contributed by atoms with Crippen molar-refractivity contribution in [1.29, 1.82) is 0 Å². The van der Waals surface area contributed by atoms with Gasteiger partial charge in [-0.2, -0.15) is 0 Å². The van der Waals surface area contributed by atoms with Crippen LogP contribution in [0.1, 0.15) is 20.3 Å². The summed E-state index contributed by atoms with van der Waals surface area (Å²) >= 11 is 0. The molecular formula is C6H13N5. The fourth-order valence-corrected chi connectivity index (χ4v) is 0.751. The van der Waals surface area contributed by atoms with Crippen LogP contribution in [0.3, 0.4) is 0 Å². The molecule has 5 nitrogen and oxygen atoms in total. The number of nitrogen functional groups attached to an aromatic ring is 1. The van der Waals surface area contributed by atoms with Crippen molar-refractivity contribution in [2.75, 3.05) is 5.73 Å². The van der Waals surface area contributed by atoms with E-state index < -0.39 is 0 Å². The topological polar surface area (TPSA) is 69.6 Å². The molecule has 0 aliphatic heterocycles. The normalized spacial score (nSPS) is 10.8. The molecule has 0 aliphatic carbocycles. The molecule has 1 aromatic rings. The first-order valence-corrected chi connectivity index (χ1v) is 3.72. The van der Waals surface area contributed by atoms with E-state index in [0.29, 0.717) is 11.9 Å². The lowest BCUT2D eigenvalue weighted by Gasteiger charge is -2.03. The number of rotatable bonds is 3. The van der Waals surface area contributed by atoms with Gasteiger partial charge in [-0.1, -0.05) is 18.9 Å². The number of hydrogen-bond acceptors (Lipinski definition) is 4. The van der Waals surface area contributed by atoms with Crippen molar-refractivity contribution >= 4 is 5.95 Å². The van der Waals surface area contributed by atoms with Crippen LogP contribution in [0.25, 0.3) is 0 Å². The van der Waals surface area contributed by atoms with Crippen molar-refractivity contribution < 1.29 is 0 Å². The minimum absolute atomic E-state index is 0.394. The highest BCUT2D eigenvalue weighted by atomic mass is 15.6. The molecule has 0 atom stereocenters. The van der Waals surface area contributed by atoms with Crippen LogP contribution in [0.4, 0.5) is 5.95 Å². The molecule has 0 saturated heterocycles. The Hall–Kier alpha value is -1.13. The number of aromatic nitrogens is 4. The van der Waals surface area contributed by atoms with Crippen LogP contribution in [0.2, 0.25) is 0 Å². The van der Waals surface area contributed by atoms with E-state index in [9.17, 15) is 0 Å². The van der Waals surface area contributed by atoms with E-state index in [-0.39, 0.29) is 0 Å².